The van der Waals surface area contributed by atoms with Crippen LogP contribution >= 0.6 is 23.2 Å². The minimum Gasteiger partial charge on any atom is -0.452 e. The van der Waals surface area contributed by atoms with Crippen LogP contribution in [0, 0.1) is 13.8 Å². The third-order valence-corrected chi connectivity index (χ3v) is 3.84. The van der Waals surface area contributed by atoms with Crippen molar-refractivity contribution >= 4 is 46.5 Å². The van der Waals surface area contributed by atoms with Gasteiger partial charge in [0.25, 0.3) is 5.91 Å². The summed E-state index contributed by atoms with van der Waals surface area (Å²) in [5.41, 5.74) is 8.47. The van der Waals surface area contributed by atoms with E-state index in [9.17, 15) is 9.59 Å². The molecule has 2 aromatic rings. The first-order chi connectivity index (χ1) is 11.3. The fourth-order valence-electron chi connectivity index (χ4n) is 2.10. The fourth-order valence-corrected chi connectivity index (χ4v) is 2.60. The van der Waals surface area contributed by atoms with E-state index in [1.54, 1.807) is 6.07 Å². The lowest BCUT2D eigenvalue weighted by Gasteiger charge is -2.11. The van der Waals surface area contributed by atoms with Crippen LogP contribution in [0.5, 0.6) is 0 Å². The number of esters is 1. The van der Waals surface area contributed by atoms with Crippen molar-refractivity contribution in [3.63, 3.8) is 0 Å². The summed E-state index contributed by atoms with van der Waals surface area (Å²) in [4.78, 5) is 24.0. The Labute approximate surface area is 149 Å². The summed E-state index contributed by atoms with van der Waals surface area (Å²) >= 11 is 11.7. The molecule has 0 saturated heterocycles. The number of nitrogens with one attached hydrogen (secondary N) is 1. The van der Waals surface area contributed by atoms with Gasteiger partial charge in [0.15, 0.2) is 6.61 Å². The lowest BCUT2D eigenvalue weighted by molar-refractivity contribution is -0.119. The minimum atomic E-state index is -0.771. The van der Waals surface area contributed by atoms with Gasteiger partial charge in [0.1, 0.15) is 0 Å². The summed E-state index contributed by atoms with van der Waals surface area (Å²) < 4.78 is 4.97. The number of hydrogen-bond donors (Lipinski definition) is 2. The molecule has 1 amide bonds. The van der Waals surface area contributed by atoms with Gasteiger partial charge in [-0.1, -0.05) is 40.9 Å². The first kappa shape index (κ1) is 18.1. The molecular weight excluding hydrogens is 351 g/mol. The van der Waals surface area contributed by atoms with Crippen molar-refractivity contribution < 1.29 is 14.3 Å². The fraction of sp³-hybridized carbons (Fsp3) is 0.176. The number of carbonyl (C=O) groups excluding carboxylic acids is 2. The van der Waals surface area contributed by atoms with Crippen LogP contribution in [-0.4, -0.2) is 18.5 Å². The molecule has 0 aliphatic rings. The van der Waals surface area contributed by atoms with Gasteiger partial charge >= 0.3 is 5.97 Å². The van der Waals surface area contributed by atoms with Gasteiger partial charge < -0.3 is 15.8 Å². The van der Waals surface area contributed by atoms with E-state index in [1.165, 1.54) is 12.1 Å². The smallest absolute Gasteiger partial charge is 0.340 e. The predicted molar refractivity (Wildman–Crippen MR) is 95.7 cm³/mol. The maximum atomic E-state index is 12.0. The lowest BCUT2D eigenvalue weighted by atomic mass is 10.1. The van der Waals surface area contributed by atoms with Gasteiger partial charge in [-0.25, -0.2) is 4.79 Å². The van der Waals surface area contributed by atoms with E-state index in [0.717, 1.165) is 11.1 Å². The highest BCUT2D eigenvalue weighted by Gasteiger charge is 2.16. The Kier molecular flexibility index (Phi) is 5.70. The first-order valence-electron chi connectivity index (χ1n) is 7.06. The van der Waals surface area contributed by atoms with Crippen LogP contribution in [0.4, 0.5) is 11.4 Å². The summed E-state index contributed by atoms with van der Waals surface area (Å²) in [6, 6.07) is 8.37. The summed E-state index contributed by atoms with van der Waals surface area (Å²) in [6.07, 6.45) is 0. The Bertz CT molecular complexity index is 807. The zero-order valence-corrected chi connectivity index (χ0v) is 14.7. The number of halogens is 2. The molecule has 0 heterocycles. The molecule has 0 unspecified atom stereocenters. The van der Waals surface area contributed by atoms with Gasteiger partial charge in [0.2, 0.25) is 0 Å². The molecular formula is C17H16Cl2N2O3. The highest BCUT2D eigenvalue weighted by Crippen LogP contribution is 2.28. The molecule has 0 fully saturated rings. The third kappa shape index (κ3) is 4.40. The summed E-state index contributed by atoms with van der Waals surface area (Å²) in [5, 5.41) is 3.08. The second-order valence-corrected chi connectivity index (χ2v) is 6.14. The molecule has 0 aromatic heterocycles. The van der Waals surface area contributed by atoms with Crippen molar-refractivity contribution in [2.45, 2.75) is 13.8 Å². The van der Waals surface area contributed by atoms with Crippen molar-refractivity contribution in [2.24, 2.45) is 0 Å². The molecule has 0 aliphatic carbocycles. The third-order valence-electron chi connectivity index (χ3n) is 3.30. The first-order valence-corrected chi connectivity index (χ1v) is 7.82. The molecule has 126 valence electrons. The van der Waals surface area contributed by atoms with Crippen LogP contribution in [0.1, 0.15) is 21.5 Å². The maximum absolute atomic E-state index is 12.0. The van der Waals surface area contributed by atoms with Gasteiger partial charge in [-0.3, -0.25) is 4.79 Å². The molecule has 24 heavy (non-hydrogen) atoms. The Balaban J connectivity index is 2.00. The number of aryl methyl sites for hydroxylation is 2. The maximum Gasteiger partial charge on any atom is 0.340 e. The number of carbonyl (C=O) groups is 2. The van der Waals surface area contributed by atoms with E-state index in [-0.39, 0.29) is 21.3 Å². The number of nitrogens with two attached hydrogens (primary N) is 1. The highest BCUT2D eigenvalue weighted by atomic mass is 35.5. The minimum absolute atomic E-state index is 0.0202. The molecule has 0 aliphatic heterocycles. The van der Waals surface area contributed by atoms with Crippen LogP contribution < -0.4 is 11.1 Å². The Hall–Kier alpha value is -2.24. The van der Waals surface area contributed by atoms with Crippen molar-refractivity contribution in [3.05, 3.63) is 57.1 Å². The van der Waals surface area contributed by atoms with E-state index >= 15 is 0 Å². The van der Waals surface area contributed by atoms with E-state index in [0.29, 0.717) is 5.69 Å². The molecule has 3 N–H and O–H groups in total. The number of rotatable bonds is 4. The summed E-state index contributed by atoms with van der Waals surface area (Å²) in [5.74, 6) is -1.23. The number of nitrogen functional groups attached to an aromatic ring is 1. The van der Waals surface area contributed by atoms with Crippen molar-refractivity contribution in [1.82, 2.24) is 0 Å². The number of anilines is 2. The van der Waals surface area contributed by atoms with Gasteiger partial charge in [-0.15, -0.1) is 0 Å². The Morgan fingerprint density at radius 2 is 1.88 bits per heavy atom. The standard InChI is InChI=1S/C17H16Cl2N2O3/c1-9-3-4-14(10(2)5-9)21-15(22)8-24-17(23)12-6-11(18)7-13(19)16(12)20/h3-7H,8,20H2,1-2H3,(H,21,22). The molecule has 0 radical (unpaired) electrons. The molecule has 0 spiro atoms. The lowest BCUT2D eigenvalue weighted by Crippen LogP contribution is -2.21. The number of ether oxygens (including phenoxy) is 1. The second kappa shape index (κ2) is 7.55. The molecule has 0 saturated carbocycles. The van der Waals surface area contributed by atoms with Crippen LogP contribution in [-0.2, 0) is 9.53 Å². The number of benzene rings is 2. The predicted octanol–water partition coefficient (Wildman–Crippen LogP) is 3.99. The zero-order valence-electron chi connectivity index (χ0n) is 13.2. The molecule has 7 heteroatoms. The monoisotopic (exact) mass is 366 g/mol. The van der Waals surface area contributed by atoms with Gasteiger partial charge in [-0.05, 0) is 37.6 Å². The van der Waals surface area contributed by atoms with Crippen LogP contribution in [0.3, 0.4) is 0 Å². The van der Waals surface area contributed by atoms with Crippen LogP contribution in [0.15, 0.2) is 30.3 Å². The van der Waals surface area contributed by atoms with Gasteiger partial charge in [0, 0.05) is 10.7 Å². The molecule has 2 rings (SSSR count). The largest absolute Gasteiger partial charge is 0.452 e. The summed E-state index contributed by atoms with van der Waals surface area (Å²) in [6.45, 7) is 3.39. The van der Waals surface area contributed by atoms with E-state index in [4.69, 9.17) is 33.7 Å². The average Bonchev–Trinajstić information content (AvgIpc) is 2.51. The molecule has 0 atom stereocenters. The van der Waals surface area contributed by atoms with E-state index < -0.39 is 18.5 Å². The number of hydrogen-bond acceptors (Lipinski definition) is 4. The van der Waals surface area contributed by atoms with Crippen molar-refractivity contribution in [2.75, 3.05) is 17.7 Å². The zero-order chi connectivity index (χ0) is 17.9. The summed E-state index contributed by atoms with van der Waals surface area (Å²) in [7, 11) is 0. The average molecular weight is 367 g/mol. The topological polar surface area (TPSA) is 81.4 Å². The SMILES string of the molecule is Cc1ccc(NC(=O)COC(=O)c2cc(Cl)cc(Cl)c2N)c(C)c1. The van der Waals surface area contributed by atoms with E-state index in [1.807, 2.05) is 26.0 Å². The molecule has 2 aromatic carbocycles. The Morgan fingerprint density at radius 1 is 1.17 bits per heavy atom. The molecule has 0 bridgehead atoms. The van der Waals surface area contributed by atoms with Crippen LogP contribution in [0.25, 0.3) is 0 Å². The van der Waals surface area contributed by atoms with Crippen molar-refractivity contribution in [1.29, 1.82) is 0 Å². The van der Waals surface area contributed by atoms with Crippen molar-refractivity contribution in [3.8, 4) is 0 Å². The highest BCUT2D eigenvalue weighted by molar-refractivity contribution is 6.37. The molecule has 5 nitrogen and oxygen atoms in total. The van der Waals surface area contributed by atoms with Crippen LogP contribution in [0.2, 0.25) is 10.0 Å². The van der Waals surface area contributed by atoms with Gasteiger partial charge in [0.05, 0.1) is 16.3 Å². The van der Waals surface area contributed by atoms with E-state index in [2.05, 4.69) is 5.32 Å². The number of amides is 1. The Morgan fingerprint density at radius 3 is 2.54 bits per heavy atom. The quantitative estimate of drug-likeness (QED) is 0.633. The second-order valence-electron chi connectivity index (χ2n) is 5.29. The normalized spacial score (nSPS) is 10.3. The van der Waals surface area contributed by atoms with Gasteiger partial charge in [-0.2, -0.15) is 0 Å².